The van der Waals surface area contributed by atoms with Crippen LogP contribution in [0.25, 0.3) is 0 Å². The molecule has 1 aliphatic rings. The second-order valence-electron chi connectivity index (χ2n) is 9.16. The van der Waals surface area contributed by atoms with Gasteiger partial charge in [-0.15, -0.1) is 0 Å². The zero-order valence-electron chi connectivity index (χ0n) is 20.4. The van der Waals surface area contributed by atoms with E-state index in [1.165, 1.54) is 28.6 Å². The number of rotatable bonds is 7. The molecule has 3 aromatic carbocycles. The van der Waals surface area contributed by atoms with Gasteiger partial charge in [-0.3, -0.25) is 9.52 Å². The van der Waals surface area contributed by atoms with Gasteiger partial charge in [-0.1, -0.05) is 37.6 Å². The van der Waals surface area contributed by atoms with Gasteiger partial charge in [-0.25, -0.2) is 16.8 Å². The first-order chi connectivity index (χ1) is 17.0. The van der Waals surface area contributed by atoms with Crippen LogP contribution in [0.15, 0.2) is 76.5 Å². The number of benzene rings is 3. The number of anilines is 2. The monoisotopic (exact) mass is 527 g/mol. The second kappa shape index (κ2) is 10.0. The summed E-state index contributed by atoms with van der Waals surface area (Å²) in [6.45, 7) is 5.95. The molecule has 0 saturated carbocycles. The Balaban J connectivity index is 1.51. The van der Waals surface area contributed by atoms with Crippen LogP contribution in [0.2, 0.25) is 0 Å². The third-order valence-electron chi connectivity index (χ3n) is 6.05. The molecule has 36 heavy (non-hydrogen) atoms. The molecule has 0 atom stereocenters. The van der Waals surface area contributed by atoms with Crippen LogP contribution in [0.1, 0.15) is 30.5 Å². The highest BCUT2D eigenvalue weighted by Gasteiger charge is 2.28. The minimum absolute atomic E-state index is 0.0475. The summed E-state index contributed by atoms with van der Waals surface area (Å²) in [5.74, 6) is -0.349. The number of carbonyl (C=O) groups excluding carboxylic acids is 1. The van der Waals surface area contributed by atoms with Crippen LogP contribution < -0.4 is 10.0 Å². The van der Waals surface area contributed by atoms with Gasteiger partial charge in [-0.05, 0) is 73.0 Å². The predicted molar refractivity (Wildman–Crippen MR) is 140 cm³/mol. The Morgan fingerprint density at radius 2 is 1.44 bits per heavy atom. The molecule has 8 nitrogen and oxygen atoms in total. The van der Waals surface area contributed by atoms with Crippen molar-refractivity contribution in [2.75, 3.05) is 16.6 Å². The lowest BCUT2D eigenvalue weighted by atomic mass is 10.0. The molecule has 0 unspecified atom stereocenters. The first kappa shape index (κ1) is 25.9. The fourth-order valence-electron chi connectivity index (χ4n) is 3.88. The van der Waals surface area contributed by atoms with E-state index in [1.807, 2.05) is 13.0 Å². The van der Waals surface area contributed by atoms with Crippen molar-refractivity contribution < 1.29 is 21.6 Å². The van der Waals surface area contributed by atoms with E-state index in [0.717, 1.165) is 16.7 Å². The van der Waals surface area contributed by atoms with E-state index in [2.05, 4.69) is 10.0 Å². The standard InChI is InChI=1S/C26H29N3O5S2/c1-18(2)26(30)27-22-8-12-24(13-9-22)35(31,32)28-23-7-6-20-14-15-29(17-21(20)16-23)36(33,34)25-10-4-19(3)5-11-25/h4-13,16,18,28H,14-15,17H2,1-3H3,(H,27,30). The van der Waals surface area contributed by atoms with Gasteiger partial charge in [0.25, 0.3) is 10.0 Å². The molecule has 0 aliphatic carbocycles. The highest BCUT2D eigenvalue weighted by molar-refractivity contribution is 7.92. The number of aryl methyl sites for hydroxylation is 1. The van der Waals surface area contributed by atoms with Crippen LogP contribution in [0.5, 0.6) is 0 Å². The van der Waals surface area contributed by atoms with Crippen LogP contribution in [0.3, 0.4) is 0 Å². The number of hydrogen-bond acceptors (Lipinski definition) is 5. The quantitative estimate of drug-likeness (QED) is 0.480. The van der Waals surface area contributed by atoms with Gasteiger partial charge < -0.3 is 5.32 Å². The maximum absolute atomic E-state index is 13.1. The molecule has 3 aromatic rings. The summed E-state index contributed by atoms with van der Waals surface area (Å²) in [6.07, 6.45) is 0.539. The van der Waals surface area contributed by atoms with Gasteiger partial charge in [0.05, 0.1) is 9.79 Å². The molecule has 10 heteroatoms. The Morgan fingerprint density at radius 3 is 2.08 bits per heavy atom. The average Bonchev–Trinajstić information content (AvgIpc) is 2.84. The summed E-state index contributed by atoms with van der Waals surface area (Å²) in [5, 5.41) is 2.73. The van der Waals surface area contributed by atoms with Crippen molar-refractivity contribution in [3.63, 3.8) is 0 Å². The van der Waals surface area contributed by atoms with Crippen molar-refractivity contribution >= 4 is 37.3 Å². The van der Waals surface area contributed by atoms with Gasteiger partial charge >= 0.3 is 0 Å². The van der Waals surface area contributed by atoms with Crippen molar-refractivity contribution in [1.82, 2.24) is 4.31 Å². The highest BCUT2D eigenvalue weighted by Crippen LogP contribution is 2.28. The molecule has 0 radical (unpaired) electrons. The van der Waals surface area contributed by atoms with Crippen molar-refractivity contribution in [3.8, 4) is 0 Å². The Labute approximate surface area is 212 Å². The number of sulfonamides is 2. The topological polar surface area (TPSA) is 113 Å². The smallest absolute Gasteiger partial charge is 0.261 e. The fraction of sp³-hybridized carbons (Fsp3) is 0.269. The van der Waals surface area contributed by atoms with Gasteiger partial charge in [-0.2, -0.15) is 4.31 Å². The molecule has 4 rings (SSSR count). The number of carbonyl (C=O) groups is 1. The van der Waals surface area contributed by atoms with Crippen LogP contribution in [0, 0.1) is 12.8 Å². The zero-order chi connectivity index (χ0) is 26.1. The van der Waals surface area contributed by atoms with Crippen LogP contribution in [-0.2, 0) is 37.8 Å². The van der Waals surface area contributed by atoms with Crippen molar-refractivity contribution in [2.24, 2.45) is 5.92 Å². The maximum Gasteiger partial charge on any atom is 0.261 e. The van der Waals surface area contributed by atoms with Gasteiger partial charge in [0.15, 0.2) is 0 Å². The first-order valence-corrected chi connectivity index (χ1v) is 14.5. The third kappa shape index (κ3) is 5.61. The number of amides is 1. The molecule has 2 N–H and O–H groups in total. The number of nitrogens with one attached hydrogen (secondary N) is 2. The Bertz CT molecular complexity index is 1480. The summed E-state index contributed by atoms with van der Waals surface area (Å²) in [5.41, 5.74) is 3.57. The number of hydrogen-bond donors (Lipinski definition) is 2. The Hall–Kier alpha value is -3.21. The van der Waals surface area contributed by atoms with Gasteiger partial charge in [0.1, 0.15) is 0 Å². The van der Waals surface area contributed by atoms with Crippen LogP contribution in [-0.4, -0.2) is 33.6 Å². The summed E-state index contributed by atoms with van der Waals surface area (Å²) >= 11 is 0. The lowest BCUT2D eigenvalue weighted by Crippen LogP contribution is -2.36. The summed E-state index contributed by atoms with van der Waals surface area (Å²) in [7, 11) is -7.55. The van der Waals surface area contributed by atoms with Crippen molar-refractivity contribution in [3.05, 3.63) is 83.4 Å². The first-order valence-electron chi connectivity index (χ1n) is 11.6. The molecule has 0 saturated heterocycles. The fourth-order valence-corrected chi connectivity index (χ4v) is 6.35. The SMILES string of the molecule is Cc1ccc(S(=O)(=O)N2CCc3ccc(NS(=O)(=O)c4ccc(NC(=O)C(C)C)cc4)cc3C2)cc1. The van der Waals surface area contributed by atoms with E-state index in [1.54, 1.807) is 50.2 Å². The summed E-state index contributed by atoms with van der Waals surface area (Å²) in [4.78, 5) is 12.1. The van der Waals surface area contributed by atoms with Gasteiger partial charge in [0, 0.05) is 30.4 Å². The largest absolute Gasteiger partial charge is 0.326 e. The van der Waals surface area contributed by atoms with E-state index in [-0.39, 0.29) is 28.2 Å². The zero-order valence-corrected chi connectivity index (χ0v) is 22.0. The molecular weight excluding hydrogens is 498 g/mol. The highest BCUT2D eigenvalue weighted by atomic mass is 32.2. The minimum Gasteiger partial charge on any atom is -0.326 e. The molecule has 1 aliphatic heterocycles. The molecule has 1 heterocycles. The second-order valence-corrected chi connectivity index (χ2v) is 12.8. The molecule has 1 amide bonds. The number of nitrogens with zero attached hydrogens (tertiary/aromatic N) is 1. The molecule has 0 fully saturated rings. The molecule has 190 valence electrons. The van der Waals surface area contributed by atoms with E-state index < -0.39 is 20.0 Å². The number of fused-ring (bicyclic) bond motifs is 1. The van der Waals surface area contributed by atoms with Crippen molar-refractivity contribution in [2.45, 2.75) is 43.5 Å². The molecular formula is C26H29N3O5S2. The Morgan fingerprint density at radius 1 is 0.833 bits per heavy atom. The van der Waals surface area contributed by atoms with Crippen LogP contribution >= 0.6 is 0 Å². The lowest BCUT2D eigenvalue weighted by molar-refractivity contribution is -0.118. The molecule has 0 aromatic heterocycles. The van der Waals surface area contributed by atoms with E-state index >= 15 is 0 Å². The molecule has 0 spiro atoms. The van der Waals surface area contributed by atoms with E-state index in [9.17, 15) is 21.6 Å². The van der Waals surface area contributed by atoms with E-state index in [4.69, 9.17) is 0 Å². The minimum atomic E-state index is -3.88. The average molecular weight is 528 g/mol. The summed E-state index contributed by atoms with van der Waals surface area (Å²) in [6, 6.07) is 17.8. The van der Waals surface area contributed by atoms with Gasteiger partial charge in [0.2, 0.25) is 15.9 Å². The normalized spacial score (nSPS) is 14.3. The maximum atomic E-state index is 13.1. The van der Waals surface area contributed by atoms with Crippen molar-refractivity contribution in [1.29, 1.82) is 0 Å². The lowest BCUT2D eigenvalue weighted by Gasteiger charge is -2.28. The summed E-state index contributed by atoms with van der Waals surface area (Å²) < 4.78 is 56.1. The molecule has 0 bridgehead atoms. The Kier molecular flexibility index (Phi) is 7.21. The third-order valence-corrected chi connectivity index (χ3v) is 9.31. The van der Waals surface area contributed by atoms with Crippen LogP contribution in [0.4, 0.5) is 11.4 Å². The van der Waals surface area contributed by atoms with E-state index in [0.29, 0.717) is 24.3 Å². The predicted octanol–water partition coefficient (Wildman–Crippen LogP) is 4.14.